The van der Waals surface area contributed by atoms with Crippen LogP contribution in [0.3, 0.4) is 0 Å². The molecule has 2 nitrogen and oxygen atoms in total. The molecule has 0 aromatic rings. The van der Waals surface area contributed by atoms with E-state index < -0.39 is 0 Å². The van der Waals surface area contributed by atoms with Crippen molar-refractivity contribution in [2.24, 2.45) is 0 Å². The summed E-state index contributed by atoms with van der Waals surface area (Å²) in [6.45, 7) is 5.96. The third-order valence-corrected chi connectivity index (χ3v) is 3.54. The summed E-state index contributed by atoms with van der Waals surface area (Å²) in [5.41, 5.74) is 0. The van der Waals surface area contributed by atoms with Crippen LogP contribution in [0.1, 0.15) is 32.6 Å². The first-order valence-electron chi connectivity index (χ1n) is 6.02. The first-order chi connectivity index (χ1) is 6.90. The lowest BCUT2D eigenvalue weighted by molar-refractivity contribution is 0.134. The average molecular weight is 194 g/mol. The van der Waals surface area contributed by atoms with Crippen molar-refractivity contribution in [2.45, 2.75) is 44.7 Å². The summed E-state index contributed by atoms with van der Waals surface area (Å²) in [6, 6.07) is 1.56. The number of allylic oxidation sites excluding steroid dienone is 1. The Bertz CT molecular complexity index is 200. The maximum Gasteiger partial charge on any atom is 0.0193 e. The van der Waals surface area contributed by atoms with Gasteiger partial charge in [0.25, 0.3) is 0 Å². The van der Waals surface area contributed by atoms with Crippen LogP contribution in [0.15, 0.2) is 12.2 Å². The number of rotatable bonds is 2. The van der Waals surface area contributed by atoms with Crippen LogP contribution in [-0.4, -0.2) is 36.6 Å². The third-order valence-electron chi connectivity index (χ3n) is 3.54. The molecular formula is C12H22N2. The summed E-state index contributed by atoms with van der Waals surface area (Å²) >= 11 is 0. The van der Waals surface area contributed by atoms with E-state index in [1.54, 1.807) is 0 Å². The van der Waals surface area contributed by atoms with Gasteiger partial charge in [0.05, 0.1) is 0 Å². The monoisotopic (exact) mass is 194 g/mol. The molecule has 2 rings (SSSR count). The molecule has 0 saturated carbocycles. The molecule has 1 saturated heterocycles. The highest BCUT2D eigenvalue weighted by Gasteiger charge is 2.24. The standard InChI is InChI=1S/C12H22N2/c1-2-11-10-14(9-8-13-11)12-6-4-3-5-7-12/h3-4,11-13H,2,5-10H2,1H3. The first kappa shape index (κ1) is 10.2. The lowest BCUT2D eigenvalue weighted by Crippen LogP contribution is -2.53. The van der Waals surface area contributed by atoms with Crippen LogP contribution in [0.2, 0.25) is 0 Å². The van der Waals surface area contributed by atoms with Gasteiger partial charge in [-0.25, -0.2) is 0 Å². The Morgan fingerprint density at radius 2 is 2.36 bits per heavy atom. The van der Waals surface area contributed by atoms with E-state index in [9.17, 15) is 0 Å². The van der Waals surface area contributed by atoms with Gasteiger partial charge in [-0.1, -0.05) is 19.1 Å². The largest absolute Gasteiger partial charge is 0.311 e. The highest BCUT2D eigenvalue weighted by atomic mass is 15.2. The van der Waals surface area contributed by atoms with Crippen LogP contribution in [0.5, 0.6) is 0 Å². The minimum absolute atomic E-state index is 0.731. The molecule has 2 aliphatic rings. The third kappa shape index (κ3) is 2.37. The second-order valence-corrected chi connectivity index (χ2v) is 4.49. The fraction of sp³-hybridized carbons (Fsp3) is 0.833. The van der Waals surface area contributed by atoms with E-state index in [1.807, 2.05) is 0 Å². The lowest BCUT2D eigenvalue weighted by Gasteiger charge is -2.39. The Hall–Kier alpha value is -0.340. The fourth-order valence-corrected chi connectivity index (χ4v) is 2.57. The number of hydrogen-bond donors (Lipinski definition) is 1. The average Bonchev–Trinajstić information content (AvgIpc) is 2.30. The van der Waals surface area contributed by atoms with Crippen LogP contribution in [-0.2, 0) is 0 Å². The van der Waals surface area contributed by atoms with E-state index in [4.69, 9.17) is 0 Å². The van der Waals surface area contributed by atoms with Crippen molar-refractivity contribution in [3.63, 3.8) is 0 Å². The van der Waals surface area contributed by atoms with Crippen molar-refractivity contribution in [1.29, 1.82) is 0 Å². The van der Waals surface area contributed by atoms with E-state index in [1.165, 1.54) is 45.3 Å². The van der Waals surface area contributed by atoms with Crippen LogP contribution >= 0.6 is 0 Å². The predicted molar refractivity (Wildman–Crippen MR) is 60.4 cm³/mol. The number of nitrogens with one attached hydrogen (secondary N) is 1. The van der Waals surface area contributed by atoms with Gasteiger partial charge in [0, 0.05) is 31.7 Å². The van der Waals surface area contributed by atoms with Gasteiger partial charge in [0.2, 0.25) is 0 Å². The molecule has 0 aromatic heterocycles. The summed E-state index contributed by atoms with van der Waals surface area (Å²) in [4.78, 5) is 2.69. The maximum absolute atomic E-state index is 3.58. The Morgan fingerprint density at radius 1 is 1.43 bits per heavy atom. The molecule has 2 atom stereocenters. The van der Waals surface area contributed by atoms with Crippen LogP contribution in [0.4, 0.5) is 0 Å². The van der Waals surface area contributed by atoms with E-state index in [0.717, 1.165) is 12.1 Å². The lowest BCUT2D eigenvalue weighted by atomic mass is 9.98. The topological polar surface area (TPSA) is 15.3 Å². The SMILES string of the molecule is CCC1CN(C2CC=CCC2)CCN1. The maximum atomic E-state index is 3.58. The van der Waals surface area contributed by atoms with Gasteiger partial charge in [-0.05, 0) is 25.7 Å². The summed E-state index contributed by atoms with van der Waals surface area (Å²) < 4.78 is 0. The molecule has 14 heavy (non-hydrogen) atoms. The van der Waals surface area contributed by atoms with Crippen molar-refractivity contribution in [3.8, 4) is 0 Å². The summed E-state index contributed by atoms with van der Waals surface area (Å²) in [6.07, 6.45) is 9.88. The minimum Gasteiger partial charge on any atom is -0.311 e. The fourth-order valence-electron chi connectivity index (χ4n) is 2.57. The Labute approximate surface area is 87.4 Å². The number of nitrogens with zero attached hydrogens (tertiary/aromatic N) is 1. The summed E-state index contributed by atoms with van der Waals surface area (Å²) in [5, 5.41) is 3.58. The van der Waals surface area contributed by atoms with Crippen molar-refractivity contribution in [2.75, 3.05) is 19.6 Å². The molecule has 1 fully saturated rings. The van der Waals surface area contributed by atoms with Crippen LogP contribution in [0.25, 0.3) is 0 Å². The van der Waals surface area contributed by atoms with E-state index in [2.05, 4.69) is 29.3 Å². The van der Waals surface area contributed by atoms with E-state index in [-0.39, 0.29) is 0 Å². The molecule has 1 N–H and O–H groups in total. The van der Waals surface area contributed by atoms with Crippen molar-refractivity contribution in [3.05, 3.63) is 12.2 Å². The molecule has 2 heteroatoms. The zero-order chi connectivity index (χ0) is 9.80. The molecule has 1 aliphatic heterocycles. The molecule has 0 radical (unpaired) electrons. The molecule has 0 spiro atoms. The quantitative estimate of drug-likeness (QED) is 0.674. The first-order valence-corrected chi connectivity index (χ1v) is 6.02. The van der Waals surface area contributed by atoms with Crippen molar-refractivity contribution >= 4 is 0 Å². The Balaban J connectivity index is 1.86. The zero-order valence-corrected chi connectivity index (χ0v) is 9.21. The summed E-state index contributed by atoms with van der Waals surface area (Å²) in [7, 11) is 0. The van der Waals surface area contributed by atoms with Crippen LogP contribution < -0.4 is 5.32 Å². The highest BCUT2D eigenvalue weighted by molar-refractivity contribution is 4.95. The molecule has 0 aromatic carbocycles. The second kappa shape index (κ2) is 4.94. The van der Waals surface area contributed by atoms with Gasteiger partial charge in [0.15, 0.2) is 0 Å². The second-order valence-electron chi connectivity index (χ2n) is 4.49. The van der Waals surface area contributed by atoms with E-state index in [0.29, 0.717) is 0 Å². The molecular weight excluding hydrogens is 172 g/mol. The molecule has 1 heterocycles. The van der Waals surface area contributed by atoms with Crippen molar-refractivity contribution < 1.29 is 0 Å². The number of hydrogen-bond acceptors (Lipinski definition) is 2. The minimum atomic E-state index is 0.731. The predicted octanol–water partition coefficient (Wildman–Crippen LogP) is 1.78. The van der Waals surface area contributed by atoms with Crippen LogP contribution in [0, 0.1) is 0 Å². The van der Waals surface area contributed by atoms with Crippen molar-refractivity contribution in [1.82, 2.24) is 10.2 Å². The molecule has 0 amide bonds. The Morgan fingerprint density at radius 3 is 3.07 bits per heavy atom. The van der Waals surface area contributed by atoms with Gasteiger partial charge in [-0.2, -0.15) is 0 Å². The van der Waals surface area contributed by atoms with Gasteiger partial charge in [-0.15, -0.1) is 0 Å². The van der Waals surface area contributed by atoms with Gasteiger partial charge >= 0.3 is 0 Å². The normalized spacial score (nSPS) is 34.6. The highest BCUT2D eigenvalue weighted by Crippen LogP contribution is 2.19. The van der Waals surface area contributed by atoms with Gasteiger partial charge in [-0.3, -0.25) is 4.90 Å². The van der Waals surface area contributed by atoms with Gasteiger partial charge < -0.3 is 5.32 Å². The Kier molecular flexibility index (Phi) is 3.60. The molecule has 1 aliphatic carbocycles. The number of piperazine rings is 1. The molecule has 0 bridgehead atoms. The molecule has 80 valence electrons. The van der Waals surface area contributed by atoms with Gasteiger partial charge in [0.1, 0.15) is 0 Å². The smallest absolute Gasteiger partial charge is 0.0193 e. The van der Waals surface area contributed by atoms with E-state index >= 15 is 0 Å². The molecule has 2 unspecified atom stereocenters. The summed E-state index contributed by atoms with van der Waals surface area (Å²) in [5.74, 6) is 0. The zero-order valence-electron chi connectivity index (χ0n) is 9.21.